The molecule has 2 nitrogen and oxygen atoms in total. The topological polar surface area (TPSA) is 29.5 Å². The van der Waals surface area contributed by atoms with E-state index in [1.807, 2.05) is 0 Å². The number of hydrogen-bond acceptors (Lipinski definition) is 2. The molecule has 0 amide bonds. The minimum Gasteiger partial charge on any atom is -0.367 e. The molecule has 0 bridgehead atoms. The minimum absolute atomic E-state index is 0.135. The molecule has 0 aromatic heterocycles. The predicted octanol–water partition coefficient (Wildman–Crippen LogP) is 0.190. The SMILES string of the molecule is CO[C@@H](O)CCl. The van der Waals surface area contributed by atoms with Crippen LogP contribution in [-0.4, -0.2) is 24.4 Å². The monoisotopic (exact) mass is 110 g/mol. The van der Waals surface area contributed by atoms with Gasteiger partial charge in [-0.15, -0.1) is 11.6 Å². The molecule has 0 radical (unpaired) electrons. The van der Waals surface area contributed by atoms with Gasteiger partial charge in [-0.05, 0) is 0 Å². The van der Waals surface area contributed by atoms with Gasteiger partial charge < -0.3 is 9.84 Å². The molecule has 0 saturated heterocycles. The van der Waals surface area contributed by atoms with Crippen molar-refractivity contribution in [2.24, 2.45) is 0 Å². The summed E-state index contributed by atoms with van der Waals surface area (Å²) in [5.74, 6) is 0.135. The number of halogens is 1. The molecule has 0 rings (SSSR count). The minimum atomic E-state index is -0.799. The van der Waals surface area contributed by atoms with E-state index in [0.29, 0.717) is 0 Å². The first-order valence-corrected chi connectivity index (χ1v) is 2.11. The van der Waals surface area contributed by atoms with Crippen LogP contribution < -0.4 is 0 Å². The summed E-state index contributed by atoms with van der Waals surface area (Å²) in [7, 11) is 1.40. The van der Waals surface area contributed by atoms with E-state index in [9.17, 15) is 0 Å². The van der Waals surface area contributed by atoms with Crippen molar-refractivity contribution in [3.8, 4) is 0 Å². The molecular weight excluding hydrogens is 103 g/mol. The number of methoxy groups -OCH3 is 1. The van der Waals surface area contributed by atoms with Gasteiger partial charge in [-0.2, -0.15) is 0 Å². The lowest BCUT2D eigenvalue weighted by atomic mass is 10.8. The van der Waals surface area contributed by atoms with Crippen molar-refractivity contribution in [1.29, 1.82) is 0 Å². The van der Waals surface area contributed by atoms with E-state index in [1.165, 1.54) is 7.11 Å². The molecule has 38 valence electrons. The summed E-state index contributed by atoms with van der Waals surface area (Å²) in [6.45, 7) is 0. The molecular formula is C3H7ClO2. The Balaban J connectivity index is 2.75. The molecule has 0 unspecified atom stereocenters. The van der Waals surface area contributed by atoms with Gasteiger partial charge in [0.25, 0.3) is 0 Å². The van der Waals surface area contributed by atoms with Gasteiger partial charge in [-0.25, -0.2) is 0 Å². The van der Waals surface area contributed by atoms with Crippen LogP contribution in [0.25, 0.3) is 0 Å². The van der Waals surface area contributed by atoms with E-state index < -0.39 is 6.29 Å². The maximum Gasteiger partial charge on any atom is 0.167 e. The lowest BCUT2D eigenvalue weighted by Crippen LogP contribution is -2.09. The van der Waals surface area contributed by atoms with Gasteiger partial charge in [-0.1, -0.05) is 0 Å². The summed E-state index contributed by atoms with van der Waals surface area (Å²) < 4.78 is 4.32. The summed E-state index contributed by atoms with van der Waals surface area (Å²) in [6, 6.07) is 0. The third kappa shape index (κ3) is 2.45. The molecule has 0 aliphatic carbocycles. The summed E-state index contributed by atoms with van der Waals surface area (Å²) >= 11 is 5.08. The Morgan fingerprint density at radius 3 is 2.50 bits per heavy atom. The first kappa shape index (κ1) is 6.21. The van der Waals surface area contributed by atoms with Crippen molar-refractivity contribution >= 4 is 11.6 Å². The first-order chi connectivity index (χ1) is 2.81. The summed E-state index contributed by atoms with van der Waals surface area (Å²) in [4.78, 5) is 0. The second-order valence-corrected chi connectivity index (χ2v) is 1.15. The van der Waals surface area contributed by atoms with Crippen LogP contribution in [0.3, 0.4) is 0 Å². The van der Waals surface area contributed by atoms with Gasteiger partial charge in [0, 0.05) is 7.11 Å². The van der Waals surface area contributed by atoms with Crippen LogP contribution in [0, 0.1) is 0 Å². The molecule has 0 spiro atoms. The molecule has 0 aliphatic rings. The van der Waals surface area contributed by atoms with Gasteiger partial charge >= 0.3 is 0 Å². The second kappa shape index (κ2) is 3.40. The van der Waals surface area contributed by atoms with Crippen LogP contribution in [0.4, 0.5) is 0 Å². The van der Waals surface area contributed by atoms with E-state index in [2.05, 4.69) is 4.74 Å². The highest BCUT2D eigenvalue weighted by Crippen LogP contribution is 1.84. The normalized spacial score (nSPS) is 14.5. The Labute approximate surface area is 41.7 Å². The van der Waals surface area contributed by atoms with Crippen LogP contribution in [0.1, 0.15) is 0 Å². The van der Waals surface area contributed by atoms with E-state index in [1.54, 1.807) is 0 Å². The van der Waals surface area contributed by atoms with Crippen LogP contribution in [0.2, 0.25) is 0 Å². The number of aliphatic hydroxyl groups excluding tert-OH is 1. The van der Waals surface area contributed by atoms with E-state index in [-0.39, 0.29) is 5.88 Å². The highest BCUT2D eigenvalue weighted by Gasteiger charge is 1.92. The van der Waals surface area contributed by atoms with Gasteiger partial charge in [0.15, 0.2) is 6.29 Å². The highest BCUT2D eigenvalue weighted by atomic mass is 35.5. The Bertz CT molecular complexity index is 28.0. The molecule has 0 saturated carbocycles. The summed E-state index contributed by atoms with van der Waals surface area (Å²) in [5, 5.41) is 8.31. The van der Waals surface area contributed by atoms with E-state index in [0.717, 1.165) is 0 Å². The first-order valence-electron chi connectivity index (χ1n) is 1.58. The van der Waals surface area contributed by atoms with Gasteiger partial charge in [0.1, 0.15) is 0 Å². The third-order valence-corrected chi connectivity index (χ3v) is 0.668. The standard InChI is InChI=1S/C3H7ClO2/c1-6-3(5)2-4/h3,5H,2H2,1H3/t3-/m1/s1. The van der Waals surface area contributed by atoms with Crippen LogP contribution in [0.5, 0.6) is 0 Å². The molecule has 0 heterocycles. The molecule has 3 heteroatoms. The average Bonchev–Trinajstić information content (AvgIpc) is 1.65. The van der Waals surface area contributed by atoms with Crippen molar-refractivity contribution in [2.75, 3.05) is 13.0 Å². The average molecular weight is 111 g/mol. The van der Waals surface area contributed by atoms with Gasteiger partial charge in [-0.3, -0.25) is 0 Å². The smallest absolute Gasteiger partial charge is 0.167 e. The number of alkyl halides is 1. The number of ether oxygens (including phenoxy) is 1. The fraction of sp³-hybridized carbons (Fsp3) is 1.00. The lowest BCUT2D eigenvalue weighted by molar-refractivity contribution is -0.0556. The number of aliphatic hydroxyl groups is 1. The molecule has 0 fully saturated rings. The van der Waals surface area contributed by atoms with E-state index >= 15 is 0 Å². The summed E-state index contributed by atoms with van der Waals surface area (Å²) in [6.07, 6.45) is -0.799. The highest BCUT2D eigenvalue weighted by molar-refractivity contribution is 6.18. The lowest BCUT2D eigenvalue weighted by Gasteiger charge is -1.99. The fourth-order valence-electron chi connectivity index (χ4n) is 0.0630. The van der Waals surface area contributed by atoms with E-state index in [4.69, 9.17) is 16.7 Å². The molecule has 0 aromatic rings. The zero-order chi connectivity index (χ0) is 4.99. The Morgan fingerprint density at radius 1 is 2.00 bits per heavy atom. The quantitative estimate of drug-likeness (QED) is 0.406. The third-order valence-electron chi connectivity index (χ3n) is 0.404. The zero-order valence-electron chi connectivity index (χ0n) is 3.52. The number of rotatable bonds is 2. The second-order valence-electron chi connectivity index (χ2n) is 0.845. The van der Waals surface area contributed by atoms with Gasteiger partial charge in [0.2, 0.25) is 0 Å². The largest absolute Gasteiger partial charge is 0.367 e. The molecule has 1 atom stereocenters. The van der Waals surface area contributed by atoms with Gasteiger partial charge in [0.05, 0.1) is 5.88 Å². The maximum absolute atomic E-state index is 8.31. The Hall–Kier alpha value is 0.210. The molecule has 0 aliphatic heterocycles. The molecule has 0 aromatic carbocycles. The van der Waals surface area contributed by atoms with Crippen LogP contribution in [-0.2, 0) is 4.74 Å². The fourth-order valence-corrected chi connectivity index (χ4v) is 0.189. The predicted molar refractivity (Wildman–Crippen MR) is 23.7 cm³/mol. The van der Waals surface area contributed by atoms with Crippen molar-refractivity contribution in [1.82, 2.24) is 0 Å². The molecule has 1 N–H and O–H groups in total. The zero-order valence-corrected chi connectivity index (χ0v) is 4.27. The van der Waals surface area contributed by atoms with Crippen molar-refractivity contribution in [3.63, 3.8) is 0 Å². The van der Waals surface area contributed by atoms with Crippen molar-refractivity contribution in [3.05, 3.63) is 0 Å². The van der Waals surface area contributed by atoms with Crippen LogP contribution in [0.15, 0.2) is 0 Å². The van der Waals surface area contributed by atoms with Crippen molar-refractivity contribution < 1.29 is 9.84 Å². The van der Waals surface area contributed by atoms with Crippen LogP contribution >= 0.6 is 11.6 Å². The Kier molecular flexibility index (Phi) is 3.52. The summed E-state index contributed by atoms with van der Waals surface area (Å²) in [5.41, 5.74) is 0. The number of hydrogen-bond donors (Lipinski definition) is 1. The Morgan fingerprint density at radius 2 is 2.50 bits per heavy atom. The molecule has 6 heavy (non-hydrogen) atoms. The van der Waals surface area contributed by atoms with Crippen molar-refractivity contribution in [2.45, 2.75) is 6.29 Å². The maximum atomic E-state index is 8.31.